The fourth-order valence-corrected chi connectivity index (χ4v) is 13.9. The smallest absolute Gasteiger partial charge is 0.314 e. The second kappa shape index (κ2) is 34.2. The number of benzene rings is 4. The second-order valence-electron chi connectivity index (χ2n) is 22.0. The van der Waals surface area contributed by atoms with E-state index in [1.54, 1.807) is 38.5 Å². The molecule has 2 saturated heterocycles. The lowest BCUT2D eigenvalue weighted by molar-refractivity contribution is 0.0516. The van der Waals surface area contributed by atoms with E-state index in [0.29, 0.717) is 71.8 Å². The molecule has 0 bridgehead atoms. The Labute approximate surface area is 527 Å². The van der Waals surface area contributed by atoms with E-state index in [-0.39, 0.29) is 137 Å². The number of likely N-dealkylation sites (tertiary alicyclic amines) is 2. The van der Waals surface area contributed by atoms with Crippen LogP contribution in [0, 0.1) is 0 Å². The van der Waals surface area contributed by atoms with Gasteiger partial charge < -0.3 is 70.6 Å². The van der Waals surface area contributed by atoms with Gasteiger partial charge in [-0.3, -0.25) is 9.80 Å². The number of ether oxygens (including phenoxy) is 8. The third-order valence-electron chi connectivity index (χ3n) is 15.8. The van der Waals surface area contributed by atoms with E-state index in [0.717, 1.165) is 74.1 Å². The molecule has 0 unspecified atom stereocenters. The lowest BCUT2D eigenvalue weighted by Gasteiger charge is -2.38. The molecule has 4 amide bonds. The van der Waals surface area contributed by atoms with Crippen LogP contribution in [0.15, 0.2) is 82.6 Å². The molecule has 10 N–H and O–H groups in total. The maximum absolute atomic E-state index is 13.1. The number of urea groups is 2. The Balaban J connectivity index is 0.586. The first kappa shape index (κ1) is 68.6. The molecule has 2 fully saturated rings. The van der Waals surface area contributed by atoms with Crippen molar-refractivity contribution in [3.8, 4) is 23.0 Å². The van der Waals surface area contributed by atoms with Gasteiger partial charge in [-0.05, 0) is 137 Å². The summed E-state index contributed by atoms with van der Waals surface area (Å²) in [5, 5.41) is 12.1. The van der Waals surface area contributed by atoms with E-state index in [2.05, 4.69) is 40.5 Å². The van der Waals surface area contributed by atoms with E-state index in [4.69, 9.17) is 72.6 Å². The van der Waals surface area contributed by atoms with Gasteiger partial charge in [0.1, 0.15) is 35.2 Å². The van der Waals surface area contributed by atoms with Crippen molar-refractivity contribution in [1.82, 2.24) is 40.5 Å². The third-order valence-corrected chi connectivity index (χ3v) is 19.2. The molecular weight excluding hydrogens is 1220 g/mol. The lowest BCUT2D eigenvalue weighted by atomic mass is 10.0. The first-order chi connectivity index (χ1) is 42.5. The normalized spacial score (nSPS) is 20.4. The number of hydrogen-bond donors (Lipinski definition) is 8. The van der Waals surface area contributed by atoms with Crippen LogP contribution in [0.4, 0.5) is 9.59 Å². The van der Waals surface area contributed by atoms with Crippen molar-refractivity contribution >= 4 is 55.3 Å². The van der Waals surface area contributed by atoms with Crippen LogP contribution in [0.25, 0.3) is 0 Å². The third kappa shape index (κ3) is 20.1. The van der Waals surface area contributed by atoms with Crippen molar-refractivity contribution in [3.05, 3.63) is 105 Å². The van der Waals surface area contributed by atoms with Gasteiger partial charge in [0.05, 0.1) is 88.9 Å². The van der Waals surface area contributed by atoms with Gasteiger partial charge in [0, 0.05) is 96.7 Å². The molecule has 6 atom stereocenters. The molecule has 2 heterocycles. The van der Waals surface area contributed by atoms with Gasteiger partial charge in [-0.2, -0.15) is 0 Å². The predicted molar refractivity (Wildman–Crippen MR) is 334 cm³/mol. The summed E-state index contributed by atoms with van der Waals surface area (Å²) in [6, 6.07) is 19.6. The topological polar surface area (TPSA) is 307 Å². The number of nitrogens with zero attached hydrogens (tertiary/aromatic N) is 2. The highest BCUT2D eigenvalue weighted by Gasteiger charge is 2.43. The Morgan fingerprint density at radius 1 is 0.523 bits per heavy atom. The Hall–Kier alpha value is -5.30. The molecule has 0 aromatic heterocycles. The van der Waals surface area contributed by atoms with Crippen LogP contribution in [0.2, 0.25) is 10.0 Å². The summed E-state index contributed by atoms with van der Waals surface area (Å²) >= 11 is 13.0. The number of amides is 4. The van der Waals surface area contributed by atoms with Crippen molar-refractivity contribution < 1.29 is 64.3 Å². The standard InChI is InChI=1S/C60H86Cl2N10O14S2/c1-79-55-35-41(61)33-51-49(55)37-53(71-23-5-7-43(63)39-71)57(51)85-45-9-13-47(14-10-45)87(75,76)69-21-27-83-31-29-81-25-19-67-59(73)65-17-3-4-18-66-60(74)68-20-26-82-30-32-84-28-22-70-88(77,78)48-15-11-46(12-16-48)86-58-52-34-42(62)36-56(80-2)50(52)38-54(58)72-24-6-8-44(64)40-72/h9-16,33-36,43-44,53-54,57-58,69-70H,3-8,17-32,37-40,63-64H2,1-2H3,(H2,65,67,73)(H2,66,68,74)/t43-,44-,53+,54+,57+,58+/m1/s1. The van der Waals surface area contributed by atoms with E-state index in [1.165, 1.54) is 24.3 Å². The second-order valence-corrected chi connectivity index (χ2v) is 26.4. The van der Waals surface area contributed by atoms with Crippen LogP contribution in [-0.2, 0) is 51.8 Å². The Bertz CT molecular complexity index is 2900. The van der Waals surface area contributed by atoms with Gasteiger partial charge in [-0.1, -0.05) is 23.2 Å². The van der Waals surface area contributed by atoms with E-state index in [9.17, 15) is 26.4 Å². The number of unbranched alkanes of at least 4 members (excludes halogenated alkanes) is 1. The first-order valence-electron chi connectivity index (χ1n) is 30.1. The van der Waals surface area contributed by atoms with Crippen LogP contribution in [0.5, 0.6) is 23.0 Å². The SMILES string of the molecule is COc1cc(Cl)cc2c1C[C@H](N1CCC[C@@H](N)C1)[C@H]2Oc1ccc(S(=O)(=O)NCCOCCOCCNC(=O)NCCCCNC(=O)NCCOCCOCCNS(=O)(=O)c2ccc(O[C@H]3c4cc(Cl)cc(OC)c4C[C@@H]3N3CCC[C@@H](N)C3)cc2)cc1. The van der Waals surface area contributed by atoms with Crippen LogP contribution in [-0.4, -0.2) is 195 Å². The maximum atomic E-state index is 13.1. The van der Waals surface area contributed by atoms with E-state index < -0.39 is 20.0 Å². The quantitative estimate of drug-likeness (QED) is 0.0291. The Morgan fingerprint density at radius 2 is 0.886 bits per heavy atom. The molecule has 4 aliphatic rings. The molecule has 2 aliphatic carbocycles. The highest BCUT2D eigenvalue weighted by Crippen LogP contribution is 2.46. The molecule has 0 saturated carbocycles. The summed E-state index contributed by atoms with van der Waals surface area (Å²) in [6.07, 6.45) is 5.96. The van der Waals surface area contributed by atoms with Gasteiger partial charge >= 0.3 is 12.1 Å². The summed E-state index contributed by atoms with van der Waals surface area (Å²) in [5.74, 6) is 2.48. The molecular formula is C60H86Cl2N10O14S2. The number of nitrogens with one attached hydrogen (secondary N) is 6. The number of piperidine rings is 2. The molecule has 8 rings (SSSR count). The molecule has 28 heteroatoms. The maximum Gasteiger partial charge on any atom is 0.314 e. The first-order valence-corrected chi connectivity index (χ1v) is 33.8. The zero-order chi connectivity index (χ0) is 62.5. The van der Waals surface area contributed by atoms with Crippen molar-refractivity contribution in [2.24, 2.45) is 11.5 Å². The minimum atomic E-state index is -3.82. The number of nitrogens with two attached hydrogens (primary N) is 2. The number of carbonyl (C=O) groups is 2. The number of sulfonamides is 2. The minimum Gasteiger partial charge on any atom is -0.496 e. The number of halogens is 2. The Kier molecular flexibility index (Phi) is 26.7. The number of carbonyl (C=O) groups excluding carboxylic acids is 2. The van der Waals surface area contributed by atoms with Crippen LogP contribution < -0.4 is 61.1 Å². The highest BCUT2D eigenvalue weighted by atomic mass is 35.5. The number of methoxy groups -OCH3 is 2. The molecule has 486 valence electrons. The van der Waals surface area contributed by atoms with E-state index >= 15 is 0 Å². The van der Waals surface area contributed by atoms with Crippen molar-refractivity contribution in [2.45, 2.75) is 97.5 Å². The molecule has 0 radical (unpaired) electrons. The molecule has 4 aromatic carbocycles. The summed E-state index contributed by atoms with van der Waals surface area (Å²) in [6.45, 7) is 6.58. The van der Waals surface area contributed by atoms with Gasteiger partial charge in [-0.15, -0.1) is 0 Å². The molecule has 24 nitrogen and oxygen atoms in total. The van der Waals surface area contributed by atoms with E-state index in [1.807, 2.05) is 24.3 Å². The molecule has 88 heavy (non-hydrogen) atoms. The monoisotopic (exact) mass is 1300 g/mol. The van der Waals surface area contributed by atoms with Crippen molar-refractivity contribution in [1.29, 1.82) is 0 Å². The van der Waals surface area contributed by atoms with Gasteiger partial charge in [0.2, 0.25) is 20.0 Å². The van der Waals surface area contributed by atoms with Crippen molar-refractivity contribution in [3.63, 3.8) is 0 Å². The summed E-state index contributed by atoms with van der Waals surface area (Å²) in [4.78, 5) is 29.3. The van der Waals surface area contributed by atoms with Crippen molar-refractivity contribution in [2.75, 3.05) is 133 Å². The number of fused-ring (bicyclic) bond motifs is 2. The predicted octanol–water partition coefficient (Wildman–Crippen LogP) is 4.65. The largest absolute Gasteiger partial charge is 0.496 e. The zero-order valence-corrected chi connectivity index (χ0v) is 53.3. The Morgan fingerprint density at radius 3 is 1.25 bits per heavy atom. The fraction of sp³-hybridized carbons (Fsp3) is 0.567. The van der Waals surface area contributed by atoms with Gasteiger partial charge in [-0.25, -0.2) is 35.9 Å². The summed E-state index contributed by atoms with van der Waals surface area (Å²) in [5.41, 5.74) is 16.7. The van der Waals surface area contributed by atoms with Crippen LogP contribution in [0.3, 0.4) is 0 Å². The van der Waals surface area contributed by atoms with Crippen LogP contribution in [0.1, 0.15) is 73.0 Å². The average molecular weight is 1310 g/mol. The zero-order valence-electron chi connectivity index (χ0n) is 50.1. The molecule has 0 spiro atoms. The summed E-state index contributed by atoms with van der Waals surface area (Å²) in [7, 11) is -4.38. The highest BCUT2D eigenvalue weighted by molar-refractivity contribution is 7.89. The summed E-state index contributed by atoms with van der Waals surface area (Å²) < 4.78 is 104. The molecule has 2 aliphatic heterocycles. The number of hydrogen-bond acceptors (Lipinski definition) is 18. The van der Waals surface area contributed by atoms with Gasteiger partial charge in [0.25, 0.3) is 0 Å². The fourth-order valence-electron chi connectivity index (χ4n) is 11.5. The molecule has 4 aromatic rings. The van der Waals surface area contributed by atoms with Gasteiger partial charge in [0.15, 0.2) is 0 Å². The average Bonchev–Trinajstić information content (AvgIpc) is 2.32. The van der Waals surface area contributed by atoms with Crippen LogP contribution >= 0.6 is 23.2 Å². The number of rotatable bonds is 35. The lowest BCUT2D eigenvalue weighted by Crippen LogP contribution is -2.49. The minimum absolute atomic E-state index is 0.0104.